The van der Waals surface area contributed by atoms with E-state index in [1.165, 1.54) is 16.2 Å². The zero-order chi connectivity index (χ0) is 17.2. The quantitative estimate of drug-likeness (QED) is 0.718. The predicted molar refractivity (Wildman–Crippen MR) is 105 cm³/mol. The fraction of sp³-hybridized carbons (Fsp3) is 0.500. The summed E-state index contributed by atoms with van der Waals surface area (Å²) in [6, 6.07) is 5.87. The molecule has 0 saturated heterocycles. The Morgan fingerprint density at radius 3 is 2.35 bits per heavy atom. The molecule has 0 aromatic heterocycles. The van der Waals surface area contributed by atoms with Gasteiger partial charge in [0.15, 0.2) is 0 Å². The fourth-order valence-corrected chi connectivity index (χ4v) is 7.45. The number of allylic oxidation sites excluding steroid dienone is 2. The van der Waals surface area contributed by atoms with Gasteiger partial charge in [0.2, 0.25) is 0 Å². The second-order valence-electron chi connectivity index (χ2n) is 6.85. The van der Waals surface area contributed by atoms with E-state index in [9.17, 15) is 5.11 Å². The van der Waals surface area contributed by atoms with Crippen molar-refractivity contribution < 1.29 is 5.11 Å². The summed E-state index contributed by atoms with van der Waals surface area (Å²) >= 11 is 0. The number of nitrogens with one attached hydrogen (secondary N) is 1. The van der Waals surface area contributed by atoms with Gasteiger partial charge in [-0.2, -0.15) is 10.0 Å². The Morgan fingerprint density at radius 1 is 1.13 bits per heavy atom. The van der Waals surface area contributed by atoms with Gasteiger partial charge in [0, 0.05) is 17.7 Å². The summed E-state index contributed by atoms with van der Waals surface area (Å²) in [5.74, 6) is 0.369. The van der Waals surface area contributed by atoms with E-state index in [-0.39, 0.29) is 0 Å². The van der Waals surface area contributed by atoms with Gasteiger partial charge >= 0.3 is 0 Å². The lowest BCUT2D eigenvalue weighted by atomic mass is 10.0. The molecule has 0 atom stereocenters. The molecule has 128 valence electrons. The minimum Gasteiger partial charge on any atom is -0.507 e. The zero-order valence-corrected chi connectivity index (χ0v) is 16.1. The van der Waals surface area contributed by atoms with Crippen LogP contribution in [0.4, 0.5) is 0 Å². The highest BCUT2D eigenvalue weighted by Crippen LogP contribution is 2.68. The smallest absolute Gasteiger partial charge is 0.123 e. The Hall–Kier alpha value is -1.35. The van der Waals surface area contributed by atoms with Crippen LogP contribution in [-0.2, 0) is 0 Å². The van der Waals surface area contributed by atoms with Crippen molar-refractivity contribution in [3.8, 4) is 5.75 Å². The molecule has 2 rings (SSSR count). The topological polar surface area (TPSA) is 32.3 Å². The van der Waals surface area contributed by atoms with Crippen LogP contribution in [0.2, 0.25) is 0 Å². The molecule has 0 amide bonds. The van der Waals surface area contributed by atoms with Crippen molar-refractivity contribution in [2.75, 3.05) is 6.54 Å². The number of hydrogen-bond donors (Lipinski definition) is 2. The molecule has 0 fully saturated rings. The van der Waals surface area contributed by atoms with E-state index in [1.54, 1.807) is 0 Å². The minimum absolute atomic E-state index is 0.369. The van der Waals surface area contributed by atoms with Crippen LogP contribution in [0, 0.1) is 6.92 Å². The maximum Gasteiger partial charge on any atom is 0.123 e. The third-order valence-corrected chi connectivity index (χ3v) is 9.37. The number of aryl methyl sites for hydroxylation is 1. The molecule has 2 N–H and O–H groups in total. The molecular weight excluding hydrogens is 302 g/mol. The van der Waals surface area contributed by atoms with Crippen LogP contribution in [0.15, 0.2) is 34.7 Å². The van der Waals surface area contributed by atoms with E-state index in [4.69, 9.17) is 0 Å². The lowest BCUT2D eigenvalue weighted by molar-refractivity contribution is 0.473. The van der Waals surface area contributed by atoms with Gasteiger partial charge in [0.1, 0.15) is 5.75 Å². The van der Waals surface area contributed by atoms with E-state index in [1.807, 2.05) is 12.1 Å². The molecule has 1 aliphatic heterocycles. The highest BCUT2D eigenvalue weighted by Gasteiger charge is 2.38. The lowest BCUT2D eigenvalue weighted by Crippen LogP contribution is -2.28. The minimum atomic E-state index is -1.06. The van der Waals surface area contributed by atoms with E-state index in [0.717, 1.165) is 18.5 Å². The van der Waals surface area contributed by atoms with E-state index in [2.05, 4.69) is 64.4 Å². The van der Waals surface area contributed by atoms with Crippen molar-refractivity contribution in [2.45, 2.75) is 58.5 Å². The second-order valence-corrected chi connectivity index (χ2v) is 10.9. The van der Waals surface area contributed by atoms with Gasteiger partial charge in [-0.25, -0.2) is 0 Å². The van der Waals surface area contributed by atoms with Crippen molar-refractivity contribution in [3.05, 3.63) is 45.8 Å². The van der Waals surface area contributed by atoms with Crippen molar-refractivity contribution in [1.29, 1.82) is 0 Å². The van der Waals surface area contributed by atoms with Gasteiger partial charge in [0.05, 0.1) is 5.03 Å². The Labute approximate surface area is 143 Å². The third-order valence-electron chi connectivity index (χ3n) is 4.60. The second kappa shape index (κ2) is 7.04. The SMILES string of the molecule is CCCNC1=C(c2cc(C)ccc2O)C=CS1(C(C)C)C(C)C. The number of rotatable bonds is 6. The van der Waals surface area contributed by atoms with Gasteiger partial charge in [-0.15, -0.1) is 0 Å². The molecule has 23 heavy (non-hydrogen) atoms. The molecule has 0 saturated carbocycles. The van der Waals surface area contributed by atoms with Crippen LogP contribution in [-0.4, -0.2) is 22.2 Å². The van der Waals surface area contributed by atoms with Crippen molar-refractivity contribution >= 4 is 15.6 Å². The molecule has 2 nitrogen and oxygen atoms in total. The molecule has 0 radical (unpaired) electrons. The summed E-state index contributed by atoms with van der Waals surface area (Å²) < 4.78 is 0. The van der Waals surface area contributed by atoms with Crippen molar-refractivity contribution in [3.63, 3.8) is 0 Å². The van der Waals surface area contributed by atoms with E-state index >= 15 is 0 Å². The first-order valence-electron chi connectivity index (χ1n) is 8.61. The fourth-order valence-electron chi connectivity index (χ4n) is 3.38. The number of phenolic OH excluding ortho intramolecular Hbond substituents is 1. The predicted octanol–water partition coefficient (Wildman–Crippen LogP) is 5.52. The Balaban J connectivity index is 2.65. The molecule has 0 unspecified atom stereocenters. The van der Waals surface area contributed by atoms with Crippen LogP contribution in [0.3, 0.4) is 0 Å². The molecule has 0 bridgehead atoms. The van der Waals surface area contributed by atoms with Gasteiger partial charge in [-0.1, -0.05) is 46.2 Å². The van der Waals surface area contributed by atoms with Crippen LogP contribution >= 0.6 is 10.0 Å². The van der Waals surface area contributed by atoms with Crippen LogP contribution in [0.25, 0.3) is 5.57 Å². The van der Waals surface area contributed by atoms with E-state index < -0.39 is 10.0 Å². The average Bonchev–Trinajstić information content (AvgIpc) is 2.88. The lowest BCUT2D eigenvalue weighted by Gasteiger charge is -2.45. The summed E-state index contributed by atoms with van der Waals surface area (Å²) in [7, 11) is -1.06. The normalized spacial score (nSPS) is 18.1. The molecule has 1 aromatic rings. The zero-order valence-electron chi connectivity index (χ0n) is 15.3. The summed E-state index contributed by atoms with van der Waals surface area (Å²) in [4.78, 5) is 0. The van der Waals surface area contributed by atoms with Gasteiger partial charge in [-0.3, -0.25) is 0 Å². The first-order chi connectivity index (χ1) is 10.8. The molecule has 3 heteroatoms. The monoisotopic (exact) mass is 333 g/mol. The largest absolute Gasteiger partial charge is 0.507 e. The summed E-state index contributed by atoms with van der Waals surface area (Å²) in [6.45, 7) is 14.5. The maximum absolute atomic E-state index is 10.4. The van der Waals surface area contributed by atoms with Crippen LogP contribution < -0.4 is 5.32 Å². The molecule has 1 aromatic carbocycles. The molecule has 0 aliphatic carbocycles. The number of benzene rings is 1. The van der Waals surface area contributed by atoms with Gasteiger partial charge in [-0.05, 0) is 47.5 Å². The number of phenols is 1. The summed E-state index contributed by atoms with van der Waals surface area (Å²) in [5.41, 5.74) is 3.31. The standard InChI is InChI=1S/C20H31NOS/c1-7-11-21-20-17(18-13-16(6)8-9-19(18)22)10-12-23(20,14(2)3)15(4)5/h8-10,12-15,21-22H,7,11H2,1-6H3. The average molecular weight is 334 g/mol. The van der Waals surface area contributed by atoms with E-state index in [0.29, 0.717) is 16.2 Å². The van der Waals surface area contributed by atoms with Crippen LogP contribution in [0.5, 0.6) is 5.75 Å². The Kier molecular flexibility index (Phi) is 5.51. The Bertz CT molecular complexity index is 621. The number of hydrogen-bond acceptors (Lipinski definition) is 2. The Morgan fingerprint density at radius 2 is 1.78 bits per heavy atom. The highest BCUT2D eigenvalue weighted by molar-refractivity contribution is 8.40. The first-order valence-corrected chi connectivity index (χ1v) is 10.4. The van der Waals surface area contributed by atoms with Crippen LogP contribution in [0.1, 0.15) is 52.2 Å². The number of aromatic hydroxyl groups is 1. The van der Waals surface area contributed by atoms with Crippen molar-refractivity contribution in [1.82, 2.24) is 5.32 Å². The molecular formula is C20H31NOS. The molecule has 1 aliphatic rings. The maximum atomic E-state index is 10.4. The summed E-state index contributed by atoms with van der Waals surface area (Å²) in [6.07, 6.45) is 3.34. The third kappa shape index (κ3) is 3.16. The van der Waals surface area contributed by atoms with Crippen molar-refractivity contribution in [2.24, 2.45) is 0 Å². The highest BCUT2D eigenvalue weighted by atomic mass is 32.3. The van der Waals surface area contributed by atoms with Gasteiger partial charge in [0.25, 0.3) is 0 Å². The molecule has 0 spiro atoms. The summed E-state index contributed by atoms with van der Waals surface area (Å²) in [5, 5.41) is 19.0. The van der Waals surface area contributed by atoms with Gasteiger partial charge < -0.3 is 10.4 Å². The molecule has 1 heterocycles. The first kappa shape index (κ1) is 18.0.